The fourth-order valence-corrected chi connectivity index (χ4v) is 1.82. The molecule has 0 radical (unpaired) electrons. The molecular formula is C13H13NO5. The number of hydrogen-bond donors (Lipinski definition) is 0. The van der Waals surface area contributed by atoms with Gasteiger partial charge in [0.05, 0.1) is 25.4 Å². The molecule has 0 spiro atoms. The Morgan fingerprint density at radius 3 is 2.58 bits per heavy atom. The lowest BCUT2D eigenvalue weighted by atomic mass is 10.2. The Bertz CT molecular complexity index is 617. The van der Waals surface area contributed by atoms with Crippen LogP contribution in [0.15, 0.2) is 30.3 Å². The maximum Gasteiger partial charge on any atom is 0.508 e. The first-order valence-corrected chi connectivity index (χ1v) is 5.55. The van der Waals surface area contributed by atoms with Crippen LogP contribution in [0, 0.1) is 0 Å². The minimum atomic E-state index is -0.804. The van der Waals surface area contributed by atoms with Crippen molar-refractivity contribution in [3.63, 3.8) is 0 Å². The number of methoxy groups -OCH3 is 2. The predicted molar refractivity (Wildman–Crippen MR) is 66.9 cm³/mol. The second kappa shape index (κ2) is 5.43. The van der Waals surface area contributed by atoms with Crippen LogP contribution in [0.2, 0.25) is 0 Å². The fourth-order valence-electron chi connectivity index (χ4n) is 1.82. The fraction of sp³-hybridized carbons (Fsp3) is 0.231. The highest BCUT2D eigenvalue weighted by atomic mass is 16.7. The van der Waals surface area contributed by atoms with Gasteiger partial charge in [-0.3, -0.25) is 0 Å². The highest BCUT2D eigenvalue weighted by Gasteiger charge is 2.16. The smallest absolute Gasteiger partial charge is 0.452 e. The normalized spacial score (nSPS) is 10.2. The first-order chi connectivity index (χ1) is 9.17. The molecule has 1 aromatic heterocycles. The minimum Gasteiger partial charge on any atom is -0.452 e. The average Bonchev–Trinajstić information content (AvgIpc) is 2.82. The zero-order valence-electron chi connectivity index (χ0n) is 10.6. The van der Waals surface area contributed by atoms with Crippen LogP contribution in [0.1, 0.15) is 5.69 Å². The largest absolute Gasteiger partial charge is 0.508 e. The summed E-state index contributed by atoms with van der Waals surface area (Å²) in [6, 6.07) is 9.07. The van der Waals surface area contributed by atoms with Crippen LogP contribution in [0.3, 0.4) is 0 Å². The van der Waals surface area contributed by atoms with Gasteiger partial charge in [0.15, 0.2) is 0 Å². The molecule has 6 heteroatoms. The summed E-state index contributed by atoms with van der Waals surface area (Å²) in [7, 11) is 2.51. The lowest BCUT2D eigenvalue weighted by molar-refractivity contribution is 0.0650. The van der Waals surface area contributed by atoms with E-state index in [1.807, 2.05) is 18.2 Å². The SMILES string of the molecule is COC(=O)OCc1cc2ccccc2n1C(=O)OC. The molecule has 0 bridgehead atoms. The Kier molecular flexibility index (Phi) is 3.70. The van der Waals surface area contributed by atoms with Crippen molar-refractivity contribution in [3.8, 4) is 0 Å². The Labute approximate surface area is 109 Å². The number of carbonyl (C=O) groups is 2. The Balaban J connectivity index is 2.41. The Morgan fingerprint density at radius 2 is 1.89 bits per heavy atom. The van der Waals surface area contributed by atoms with E-state index in [9.17, 15) is 9.59 Å². The van der Waals surface area contributed by atoms with E-state index in [2.05, 4.69) is 4.74 Å². The second-order valence-electron chi connectivity index (χ2n) is 3.74. The number of para-hydroxylation sites is 1. The molecule has 0 atom stereocenters. The van der Waals surface area contributed by atoms with Gasteiger partial charge < -0.3 is 14.2 Å². The molecule has 0 unspecified atom stereocenters. The van der Waals surface area contributed by atoms with Crippen LogP contribution in [0.4, 0.5) is 9.59 Å². The summed E-state index contributed by atoms with van der Waals surface area (Å²) < 4.78 is 15.3. The molecule has 0 amide bonds. The lowest BCUT2D eigenvalue weighted by Crippen LogP contribution is -2.16. The molecule has 6 nitrogen and oxygen atoms in total. The number of benzene rings is 1. The molecule has 0 fully saturated rings. The van der Waals surface area contributed by atoms with E-state index in [4.69, 9.17) is 9.47 Å². The van der Waals surface area contributed by atoms with Crippen LogP contribution >= 0.6 is 0 Å². The molecule has 0 saturated carbocycles. The number of rotatable bonds is 2. The van der Waals surface area contributed by atoms with E-state index < -0.39 is 12.2 Å². The Morgan fingerprint density at radius 1 is 1.16 bits per heavy atom. The van der Waals surface area contributed by atoms with Crippen molar-refractivity contribution in [1.29, 1.82) is 0 Å². The molecule has 100 valence electrons. The first-order valence-electron chi connectivity index (χ1n) is 5.55. The van der Waals surface area contributed by atoms with Crippen molar-refractivity contribution in [2.24, 2.45) is 0 Å². The molecule has 2 aromatic rings. The molecule has 0 N–H and O–H groups in total. The topological polar surface area (TPSA) is 66.8 Å². The van der Waals surface area contributed by atoms with Gasteiger partial charge in [0, 0.05) is 5.39 Å². The zero-order valence-corrected chi connectivity index (χ0v) is 10.6. The minimum absolute atomic E-state index is 0.0730. The monoisotopic (exact) mass is 263 g/mol. The number of fused-ring (bicyclic) bond motifs is 1. The van der Waals surface area contributed by atoms with E-state index in [1.165, 1.54) is 18.8 Å². The summed E-state index contributed by atoms with van der Waals surface area (Å²) in [6.07, 6.45) is -1.34. The second-order valence-corrected chi connectivity index (χ2v) is 3.74. The van der Waals surface area contributed by atoms with E-state index in [1.54, 1.807) is 12.1 Å². The number of hydrogen-bond acceptors (Lipinski definition) is 5. The maximum absolute atomic E-state index is 11.8. The van der Waals surface area contributed by atoms with Gasteiger partial charge in [0.25, 0.3) is 0 Å². The van der Waals surface area contributed by atoms with Crippen LogP contribution in [0.25, 0.3) is 10.9 Å². The molecule has 0 saturated heterocycles. The highest BCUT2D eigenvalue weighted by Crippen LogP contribution is 2.20. The summed E-state index contributed by atoms with van der Waals surface area (Å²) in [5, 5.41) is 0.858. The highest BCUT2D eigenvalue weighted by molar-refractivity contribution is 5.90. The van der Waals surface area contributed by atoms with Gasteiger partial charge in [-0.1, -0.05) is 18.2 Å². The van der Waals surface area contributed by atoms with Gasteiger partial charge in [-0.25, -0.2) is 14.2 Å². The van der Waals surface area contributed by atoms with Crippen LogP contribution in [-0.2, 0) is 20.8 Å². The molecule has 2 rings (SSSR count). The van der Waals surface area contributed by atoms with Crippen molar-refractivity contribution in [2.45, 2.75) is 6.61 Å². The molecule has 0 aliphatic rings. The molecule has 0 aliphatic heterocycles. The van der Waals surface area contributed by atoms with E-state index in [0.717, 1.165) is 5.39 Å². The summed E-state index contributed by atoms with van der Waals surface area (Å²) in [5.41, 5.74) is 1.20. The van der Waals surface area contributed by atoms with E-state index in [0.29, 0.717) is 11.2 Å². The molecule has 0 aliphatic carbocycles. The summed E-state index contributed by atoms with van der Waals surface area (Å²) >= 11 is 0. The van der Waals surface area contributed by atoms with Crippen LogP contribution < -0.4 is 0 Å². The number of nitrogens with zero attached hydrogens (tertiary/aromatic N) is 1. The van der Waals surface area contributed by atoms with Crippen molar-refractivity contribution in [1.82, 2.24) is 4.57 Å². The van der Waals surface area contributed by atoms with Gasteiger partial charge in [-0.15, -0.1) is 0 Å². The summed E-state index contributed by atoms with van der Waals surface area (Å²) in [6.45, 7) is -0.0730. The number of carbonyl (C=O) groups excluding carboxylic acids is 2. The first kappa shape index (κ1) is 12.9. The van der Waals surface area contributed by atoms with Gasteiger partial charge in [0.1, 0.15) is 6.61 Å². The Hall–Kier alpha value is -2.50. The van der Waals surface area contributed by atoms with Gasteiger partial charge >= 0.3 is 12.2 Å². The lowest BCUT2D eigenvalue weighted by Gasteiger charge is -2.07. The standard InChI is InChI=1S/C13H13NO5/c1-17-12(15)14-10(8-19-13(16)18-2)7-9-5-3-4-6-11(9)14/h3-7H,8H2,1-2H3. The van der Waals surface area contributed by atoms with Crippen molar-refractivity contribution < 1.29 is 23.8 Å². The quantitative estimate of drug-likeness (QED) is 0.779. The van der Waals surface area contributed by atoms with Gasteiger partial charge in [-0.05, 0) is 12.1 Å². The third kappa shape index (κ3) is 2.52. The number of aromatic nitrogens is 1. The summed E-state index contributed by atoms with van der Waals surface area (Å²) in [5.74, 6) is 0. The van der Waals surface area contributed by atoms with Crippen LogP contribution in [-0.4, -0.2) is 31.0 Å². The van der Waals surface area contributed by atoms with Crippen LogP contribution in [0.5, 0.6) is 0 Å². The molecule has 19 heavy (non-hydrogen) atoms. The maximum atomic E-state index is 11.8. The molecular weight excluding hydrogens is 250 g/mol. The molecule has 1 aromatic carbocycles. The third-order valence-corrected chi connectivity index (χ3v) is 2.65. The third-order valence-electron chi connectivity index (χ3n) is 2.65. The van der Waals surface area contributed by atoms with E-state index in [-0.39, 0.29) is 6.61 Å². The summed E-state index contributed by atoms with van der Waals surface area (Å²) in [4.78, 5) is 22.8. The zero-order chi connectivity index (χ0) is 13.8. The predicted octanol–water partition coefficient (Wildman–Crippen LogP) is 2.54. The van der Waals surface area contributed by atoms with Gasteiger partial charge in [-0.2, -0.15) is 0 Å². The van der Waals surface area contributed by atoms with Crippen molar-refractivity contribution in [3.05, 3.63) is 36.0 Å². The number of ether oxygens (including phenoxy) is 3. The van der Waals surface area contributed by atoms with Crippen molar-refractivity contribution >= 4 is 23.2 Å². The average molecular weight is 263 g/mol. The molecule has 1 heterocycles. The van der Waals surface area contributed by atoms with Gasteiger partial charge in [0.2, 0.25) is 0 Å². The van der Waals surface area contributed by atoms with E-state index >= 15 is 0 Å². The van der Waals surface area contributed by atoms with Crippen molar-refractivity contribution in [2.75, 3.05) is 14.2 Å².